The Hall–Kier alpha value is -3.00. The van der Waals surface area contributed by atoms with Gasteiger partial charge < -0.3 is 4.74 Å². The summed E-state index contributed by atoms with van der Waals surface area (Å²) in [5.74, 6) is -0.677. The van der Waals surface area contributed by atoms with E-state index in [4.69, 9.17) is 4.74 Å². The monoisotopic (exact) mass is 386 g/mol. The summed E-state index contributed by atoms with van der Waals surface area (Å²) in [6, 6.07) is 10.9. The van der Waals surface area contributed by atoms with E-state index < -0.39 is 15.8 Å². The second-order valence-electron chi connectivity index (χ2n) is 6.27. The summed E-state index contributed by atoms with van der Waals surface area (Å²) >= 11 is 0. The molecule has 0 spiro atoms. The average Bonchev–Trinajstić information content (AvgIpc) is 2.59. The predicted molar refractivity (Wildman–Crippen MR) is 99.6 cm³/mol. The number of pyridine rings is 1. The summed E-state index contributed by atoms with van der Waals surface area (Å²) in [6.45, 7) is 3.29. The third-order valence-electron chi connectivity index (χ3n) is 4.14. The maximum atomic E-state index is 12.4. The standard InChI is InChI=1S/C19H18N2O5S/c1-12-7-8-15(27(3,24)25)10-16(12)19(23)26-11-14-9-18(22)21-13(2)5-4-6-17(21)20-14/h4-10H,11H2,1-3H3. The number of benzene rings is 1. The van der Waals surface area contributed by atoms with Crippen molar-refractivity contribution in [2.24, 2.45) is 0 Å². The molecule has 3 aromatic rings. The third-order valence-corrected chi connectivity index (χ3v) is 5.25. The molecule has 0 bridgehead atoms. The molecule has 0 unspecified atom stereocenters. The van der Waals surface area contributed by atoms with Gasteiger partial charge in [-0.05, 0) is 43.7 Å². The molecule has 1 aromatic carbocycles. The fourth-order valence-corrected chi connectivity index (χ4v) is 3.35. The van der Waals surface area contributed by atoms with Crippen molar-refractivity contribution in [1.82, 2.24) is 9.38 Å². The lowest BCUT2D eigenvalue weighted by Crippen LogP contribution is -2.18. The molecule has 0 atom stereocenters. The highest BCUT2D eigenvalue weighted by atomic mass is 32.2. The van der Waals surface area contributed by atoms with Crippen LogP contribution in [0.2, 0.25) is 0 Å². The third kappa shape index (κ3) is 3.90. The smallest absolute Gasteiger partial charge is 0.338 e. The van der Waals surface area contributed by atoms with Crippen molar-refractivity contribution in [2.75, 3.05) is 6.26 Å². The second-order valence-corrected chi connectivity index (χ2v) is 8.29. The van der Waals surface area contributed by atoms with Crippen LogP contribution < -0.4 is 5.56 Å². The van der Waals surface area contributed by atoms with Gasteiger partial charge in [0.2, 0.25) is 0 Å². The molecule has 0 saturated heterocycles. The Morgan fingerprint density at radius 3 is 2.59 bits per heavy atom. The van der Waals surface area contributed by atoms with Crippen molar-refractivity contribution in [3.8, 4) is 0 Å². The van der Waals surface area contributed by atoms with E-state index in [1.54, 1.807) is 38.1 Å². The summed E-state index contributed by atoms with van der Waals surface area (Å²) in [7, 11) is -3.44. The van der Waals surface area contributed by atoms with Gasteiger partial charge in [0, 0.05) is 18.0 Å². The van der Waals surface area contributed by atoms with Crippen LogP contribution in [0, 0.1) is 13.8 Å². The Kier molecular flexibility index (Phi) is 4.84. The van der Waals surface area contributed by atoms with Crippen molar-refractivity contribution >= 4 is 21.5 Å². The van der Waals surface area contributed by atoms with Gasteiger partial charge in [-0.15, -0.1) is 0 Å². The van der Waals surface area contributed by atoms with Gasteiger partial charge in [-0.25, -0.2) is 18.2 Å². The number of carbonyl (C=O) groups is 1. The zero-order valence-corrected chi connectivity index (χ0v) is 15.9. The second kappa shape index (κ2) is 6.96. The van der Waals surface area contributed by atoms with Crippen molar-refractivity contribution in [2.45, 2.75) is 25.3 Å². The first kappa shape index (κ1) is 18.8. The summed E-state index contributed by atoms with van der Waals surface area (Å²) in [4.78, 5) is 29.0. The summed E-state index contributed by atoms with van der Waals surface area (Å²) < 4.78 is 30.1. The molecule has 8 heteroatoms. The van der Waals surface area contributed by atoms with Crippen LogP contribution in [0.15, 0.2) is 52.2 Å². The Morgan fingerprint density at radius 2 is 1.89 bits per heavy atom. The number of carbonyl (C=O) groups excluding carboxylic acids is 1. The van der Waals surface area contributed by atoms with Crippen LogP contribution in [0.5, 0.6) is 0 Å². The summed E-state index contributed by atoms with van der Waals surface area (Å²) in [6.07, 6.45) is 1.07. The van der Waals surface area contributed by atoms with Crippen molar-refractivity contribution in [1.29, 1.82) is 0 Å². The van der Waals surface area contributed by atoms with Crippen molar-refractivity contribution < 1.29 is 17.9 Å². The molecule has 0 aliphatic carbocycles. The molecular weight excluding hydrogens is 368 g/mol. The molecule has 0 amide bonds. The first-order valence-electron chi connectivity index (χ1n) is 8.13. The van der Waals surface area contributed by atoms with Gasteiger partial charge in [0.05, 0.1) is 16.2 Å². The van der Waals surface area contributed by atoms with Gasteiger partial charge in [0.15, 0.2) is 9.84 Å². The SMILES string of the molecule is Cc1ccc(S(C)(=O)=O)cc1C(=O)OCc1cc(=O)n2c(C)cccc2n1. The number of aromatic nitrogens is 2. The number of hydrogen-bond acceptors (Lipinski definition) is 6. The van der Waals surface area contributed by atoms with Crippen LogP contribution in [0.3, 0.4) is 0 Å². The topological polar surface area (TPSA) is 94.8 Å². The van der Waals surface area contributed by atoms with E-state index in [1.807, 2.05) is 0 Å². The van der Waals surface area contributed by atoms with Crippen molar-refractivity contribution in [3.63, 3.8) is 0 Å². The highest BCUT2D eigenvalue weighted by Gasteiger charge is 2.16. The van der Waals surface area contributed by atoms with Gasteiger partial charge in [-0.3, -0.25) is 9.20 Å². The zero-order valence-electron chi connectivity index (χ0n) is 15.1. The number of sulfone groups is 1. The lowest BCUT2D eigenvalue weighted by Gasteiger charge is -2.10. The Balaban J connectivity index is 1.86. The maximum Gasteiger partial charge on any atom is 0.338 e. The zero-order chi connectivity index (χ0) is 19.8. The molecule has 7 nitrogen and oxygen atoms in total. The minimum Gasteiger partial charge on any atom is -0.456 e. The molecule has 27 heavy (non-hydrogen) atoms. The van der Waals surface area contributed by atoms with E-state index in [0.717, 1.165) is 11.9 Å². The molecule has 2 aromatic heterocycles. The first-order valence-corrected chi connectivity index (χ1v) is 10.0. The fourth-order valence-electron chi connectivity index (χ4n) is 2.71. The first-order chi connectivity index (χ1) is 12.7. The molecule has 3 rings (SSSR count). The van der Waals surface area contributed by atoms with E-state index in [9.17, 15) is 18.0 Å². The summed E-state index contributed by atoms with van der Waals surface area (Å²) in [5, 5.41) is 0. The molecule has 0 N–H and O–H groups in total. The van der Waals surface area contributed by atoms with Crippen LogP contribution >= 0.6 is 0 Å². The number of aryl methyl sites for hydroxylation is 2. The lowest BCUT2D eigenvalue weighted by molar-refractivity contribution is 0.0466. The van der Waals surface area contributed by atoms with E-state index >= 15 is 0 Å². The molecule has 0 fully saturated rings. The Bertz CT molecular complexity index is 1210. The van der Waals surface area contributed by atoms with Gasteiger partial charge in [0.1, 0.15) is 12.3 Å². The number of ether oxygens (including phenoxy) is 1. The number of fused-ring (bicyclic) bond motifs is 1. The number of esters is 1. The minimum absolute atomic E-state index is 0.0394. The van der Waals surface area contributed by atoms with E-state index in [2.05, 4.69) is 4.98 Å². The highest BCUT2D eigenvalue weighted by molar-refractivity contribution is 7.90. The van der Waals surface area contributed by atoms with E-state index in [0.29, 0.717) is 16.9 Å². The predicted octanol–water partition coefficient (Wildman–Crippen LogP) is 2.07. The van der Waals surface area contributed by atoms with Gasteiger partial charge in [0.25, 0.3) is 5.56 Å². The van der Waals surface area contributed by atoms with Gasteiger partial charge in [-0.1, -0.05) is 12.1 Å². The van der Waals surface area contributed by atoms with Gasteiger partial charge in [-0.2, -0.15) is 0 Å². The Labute approximate surface area is 156 Å². The van der Waals surface area contributed by atoms with Crippen LogP contribution in [-0.4, -0.2) is 30.0 Å². The lowest BCUT2D eigenvalue weighted by atomic mass is 10.1. The van der Waals surface area contributed by atoms with Crippen molar-refractivity contribution in [3.05, 3.63) is 75.3 Å². The largest absolute Gasteiger partial charge is 0.456 e. The fraction of sp³-hybridized carbons (Fsp3) is 0.211. The van der Waals surface area contributed by atoms with Crippen LogP contribution in [0.4, 0.5) is 0 Å². The van der Waals surface area contributed by atoms with Gasteiger partial charge >= 0.3 is 5.97 Å². The molecular formula is C19H18N2O5S. The Morgan fingerprint density at radius 1 is 1.15 bits per heavy atom. The number of rotatable bonds is 4. The molecule has 0 saturated carbocycles. The molecule has 0 radical (unpaired) electrons. The maximum absolute atomic E-state index is 12.4. The molecule has 0 aliphatic rings. The van der Waals surface area contributed by atoms with Crippen LogP contribution in [0.25, 0.3) is 5.65 Å². The van der Waals surface area contributed by atoms with E-state index in [-0.39, 0.29) is 22.6 Å². The molecule has 140 valence electrons. The van der Waals surface area contributed by atoms with Crippen LogP contribution in [0.1, 0.15) is 27.3 Å². The highest BCUT2D eigenvalue weighted by Crippen LogP contribution is 2.17. The quantitative estimate of drug-likeness (QED) is 0.637. The minimum atomic E-state index is -3.44. The number of hydrogen-bond donors (Lipinski definition) is 0. The average molecular weight is 386 g/mol. The summed E-state index contributed by atoms with van der Waals surface area (Å²) in [5.41, 5.74) is 2.02. The van der Waals surface area contributed by atoms with Crippen LogP contribution in [-0.2, 0) is 21.2 Å². The van der Waals surface area contributed by atoms with E-state index in [1.165, 1.54) is 22.6 Å². The normalized spacial score (nSPS) is 11.5. The number of nitrogens with zero attached hydrogens (tertiary/aromatic N) is 2. The molecule has 0 aliphatic heterocycles. The molecule has 2 heterocycles.